The summed E-state index contributed by atoms with van der Waals surface area (Å²) in [7, 11) is -3.85. The van der Waals surface area contributed by atoms with Crippen LogP contribution in [0.4, 0.5) is 4.79 Å². The van der Waals surface area contributed by atoms with Crippen LogP contribution in [0, 0.1) is 11.8 Å². The second-order valence-corrected chi connectivity index (χ2v) is 11.8. The van der Waals surface area contributed by atoms with E-state index >= 15 is 0 Å². The first-order chi connectivity index (χ1) is 17.0. The van der Waals surface area contributed by atoms with Crippen molar-refractivity contribution in [3.63, 3.8) is 0 Å². The van der Waals surface area contributed by atoms with E-state index in [9.17, 15) is 22.8 Å². The maximum atomic E-state index is 12.8. The van der Waals surface area contributed by atoms with Crippen molar-refractivity contribution in [1.82, 2.24) is 19.9 Å². The van der Waals surface area contributed by atoms with Crippen LogP contribution in [-0.4, -0.2) is 70.6 Å². The third-order valence-corrected chi connectivity index (χ3v) is 9.01. The van der Waals surface area contributed by atoms with Gasteiger partial charge < -0.3 is 9.64 Å². The first-order valence-corrected chi connectivity index (χ1v) is 13.1. The molecule has 0 bridgehead atoms. The molecule has 2 aliphatic rings. The zero-order valence-electron chi connectivity index (χ0n) is 19.9. The van der Waals surface area contributed by atoms with E-state index in [1.165, 1.54) is 21.9 Å². The van der Waals surface area contributed by atoms with Gasteiger partial charge in [-0.3, -0.25) is 19.4 Å². The Balaban J connectivity index is 1.40. The lowest BCUT2D eigenvalue weighted by molar-refractivity contribution is -0.132. The standard InChI is InChI=1S/C24H26N4O7S/c1-23(21(30)26-32,36(2,33)34)9-10-27-14-20-11-17(13-28(20)22(27)31)3-5-19-6-4-18(12-25-19)24(7-8-24)15-35-16-29/h4,6,11-13,16,32H,7-10,14-15H2,1-2H3,(H,26,30)/t23-/m1/s1. The Bertz CT molecular complexity index is 1370. The van der Waals surface area contributed by atoms with Gasteiger partial charge in [0, 0.05) is 41.9 Å². The fraction of sp³-hybridized carbons (Fsp3) is 0.417. The van der Waals surface area contributed by atoms with E-state index in [2.05, 4.69) is 16.8 Å². The Morgan fingerprint density at radius 1 is 1.36 bits per heavy atom. The highest BCUT2D eigenvalue weighted by Gasteiger charge is 2.46. The maximum Gasteiger partial charge on any atom is 0.328 e. The average molecular weight is 515 g/mol. The second-order valence-electron chi connectivity index (χ2n) is 9.36. The van der Waals surface area contributed by atoms with Gasteiger partial charge in [0.1, 0.15) is 12.3 Å². The fourth-order valence-electron chi connectivity index (χ4n) is 4.18. The molecule has 0 aromatic carbocycles. The predicted octanol–water partition coefficient (Wildman–Crippen LogP) is 0.970. The monoisotopic (exact) mass is 514 g/mol. The minimum Gasteiger partial charge on any atom is -0.467 e. The number of carbonyl (C=O) groups excluding carboxylic acids is 3. The summed E-state index contributed by atoms with van der Waals surface area (Å²) in [6, 6.07) is 5.15. The van der Waals surface area contributed by atoms with Gasteiger partial charge in [-0.15, -0.1) is 0 Å². The molecule has 190 valence electrons. The Morgan fingerprint density at radius 3 is 2.67 bits per heavy atom. The van der Waals surface area contributed by atoms with E-state index in [-0.39, 0.29) is 31.0 Å². The van der Waals surface area contributed by atoms with Gasteiger partial charge in [-0.1, -0.05) is 12.0 Å². The number of fused-ring (bicyclic) bond motifs is 1. The highest BCUT2D eigenvalue weighted by molar-refractivity contribution is 7.92. The maximum absolute atomic E-state index is 12.8. The lowest BCUT2D eigenvalue weighted by Gasteiger charge is -2.27. The number of pyridine rings is 1. The van der Waals surface area contributed by atoms with Gasteiger partial charge in [-0.25, -0.2) is 23.7 Å². The number of rotatable bonds is 9. The number of carbonyl (C=O) groups is 3. The number of amides is 2. The SMILES string of the molecule is C[C@@](CCN1Cc2cc(C#Cc3ccc(C4(COC=O)CC4)cn3)cn2C1=O)(C(=O)NO)S(C)(=O)=O. The largest absolute Gasteiger partial charge is 0.467 e. The molecule has 2 N–H and O–H groups in total. The van der Waals surface area contributed by atoms with E-state index in [1.54, 1.807) is 24.5 Å². The summed E-state index contributed by atoms with van der Waals surface area (Å²) in [5, 5.41) is 8.95. The van der Waals surface area contributed by atoms with Crippen molar-refractivity contribution < 1.29 is 32.7 Å². The summed E-state index contributed by atoms with van der Waals surface area (Å²) in [6.45, 7) is 2.25. The van der Waals surface area contributed by atoms with Gasteiger partial charge in [-0.05, 0) is 49.8 Å². The van der Waals surface area contributed by atoms with Crippen molar-refractivity contribution in [2.45, 2.75) is 42.9 Å². The summed E-state index contributed by atoms with van der Waals surface area (Å²) < 4.78 is 28.8. The molecule has 12 heteroatoms. The van der Waals surface area contributed by atoms with Crippen LogP contribution in [0.5, 0.6) is 0 Å². The lowest BCUT2D eigenvalue weighted by Crippen LogP contribution is -2.50. The number of hydrogen-bond donors (Lipinski definition) is 2. The Morgan fingerprint density at radius 2 is 2.11 bits per heavy atom. The number of ether oxygens (including phenoxy) is 1. The molecule has 1 fully saturated rings. The zero-order chi connectivity index (χ0) is 26.1. The first-order valence-electron chi connectivity index (χ1n) is 11.2. The van der Waals surface area contributed by atoms with Gasteiger partial charge in [-0.2, -0.15) is 0 Å². The normalized spacial score (nSPS) is 17.4. The van der Waals surface area contributed by atoms with Gasteiger partial charge in [0.2, 0.25) is 0 Å². The van der Waals surface area contributed by atoms with Crippen molar-refractivity contribution in [2.75, 3.05) is 19.4 Å². The van der Waals surface area contributed by atoms with Crippen molar-refractivity contribution in [1.29, 1.82) is 0 Å². The zero-order valence-corrected chi connectivity index (χ0v) is 20.7. The van der Waals surface area contributed by atoms with E-state index < -0.39 is 20.5 Å². The molecule has 1 aliphatic heterocycles. The summed E-state index contributed by atoms with van der Waals surface area (Å²) in [5.41, 5.74) is 4.14. The molecule has 0 unspecified atom stereocenters. The quantitative estimate of drug-likeness (QED) is 0.218. The molecule has 11 nitrogen and oxygen atoms in total. The Kier molecular flexibility index (Phi) is 6.64. The Labute approximate surface area is 208 Å². The molecule has 1 atom stereocenters. The van der Waals surface area contributed by atoms with Gasteiger partial charge >= 0.3 is 6.03 Å². The molecule has 2 aromatic rings. The fourth-order valence-corrected chi connectivity index (χ4v) is 5.02. The topological polar surface area (TPSA) is 148 Å². The molecule has 0 spiro atoms. The molecule has 3 heterocycles. The number of hydrogen-bond acceptors (Lipinski definition) is 8. The number of sulfone groups is 1. The summed E-state index contributed by atoms with van der Waals surface area (Å²) in [6.07, 6.45) is 5.97. The van der Waals surface area contributed by atoms with Crippen molar-refractivity contribution >= 4 is 28.2 Å². The van der Waals surface area contributed by atoms with E-state index in [4.69, 9.17) is 9.94 Å². The van der Waals surface area contributed by atoms with Crippen LogP contribution in [0.3, 0.4) is 0 Å². The number of hydroxylamine groups is 1. The van der Waals surface area contributed by atoms with Crippen LogP contribution in [0.1, 0.15) is 48.7 Å². The molecular weight excluding hydrogens is 488 g/mol. The third-order valence-electron chi connectivity index (χ3n) is 6.98. The van der Waals surface area contributed by atoms with E-state index in [1.807, 2.05) is 6.07 Å². The van der Waals surface area contributed by atoms with Gasteiger partial charge in [0.15, 0.2) is 14.6 Å². The van der Waals surface area contributed by atoms with Crippen LogP contribution in [0.25, 0.3) is 0 Å². The summed E-state index contributed by atoms with van der Waals surface area (Å²) in [4.78, 5) is 41.1. The van der Waals surface area contributed by atoms with Gasteiger partial charge in [0.25, 0.3) is 12.4 Å². The minimum absolute atomic E-state index is 0.00810. The molecular formula is C24H26N4O7S. The van der Waals surface area contributed by atoms with Crippen LogP contribution in [-0.2, 0) is 36.1 Å². The molecule has 1 aliphatic carbocycles. The molecule has 2 amide bonds. The second kappa shape index (κ2) is 9.40. The molecule has 2 aromatic heterocycles. The third kappa shape index (κ3) is 4.72. The summed E-state index contributed by atoms with van der Waals surface area (Å²) in [5.74, 6) is 4.93. The molecule has 36 heavy (non-hydrogen) atoms. The van der Waals surface area contributed by atoms with E-state index in [0.29, 0.717) is 30.0 Å². The van der Waals surface area contributed by atoms with Crippen molar-refractivity contribution in [3.05, 3.63) is 53.1 Å². The summed E-state index contributed by atoms with van der Waals surface area (Å²) >= 11 is 0. The number of aromatic nitrogens is 2. The van der Waals surface area contributed by atoms with Crippen LogP contribution in [0.15, 0.2) is 30.6 Å². The smallest absolute Gasteiger partial charge is 0.328 e. The number of nitrogens with one attached hydrogen (secondary N) is 1. The van der Waals surface area contributed by atoms with E-state index in [0.717, 1.165) is 24.7 Å². The Hall–Kier alpha value is -3.69. The van der Waals surface area contributed by atoms with Crippen LogP contribution >= 0.6 is 0 Å². The highest BCUT2D eigenvalue weighted by Crippen LogP contribution is 2.48. The van der Waals surface area contributed by atoms with Crippen LogP contribution < -0.4 is 5.48 Å². The average Bonchev–Trinajstić information content (AvgIpc) is 3.45. The molecule has 0 radical (unpaired) electrons. The molecule has 0 saturated heterocycles. The minimum atomic E-state index is -3.85. The molecule has 4 rings (SSSR count). The van der Waals surface area contributed by atoms with Crippen molar-refractivity contribution in [3.8, 4) is 11.8 Å². The molecule has 1 saturated carbocycles. The van der Waals surface area contributed by atoms with Gasteiger partial charge in [0.05, 0.1) is 6.54 Å². The predicted molar refractivity (Wildman–Crippen MR) is 127 cm³/mol. The van der Waals surface area contributed by atoms with Crippen LogP contribution in [0.2, 0.25) is 0 Å². The lowest BCUT2D eigenvalue weighted by atomic mass is 9.99. The number of nitrogens with zero attached hydrogens (tertiary/aromatic N) is 3. The highest BCUT2D eigenvalue weighted by atomic mass is 32.2. The van der Waals surface area contributed by atoms with Crippen molar-refractivity contribution in [2.24, 2.45) is 0 Å². The first kappa shape index (κ1) is 25.4.